The number of halogens is 3. The predicted octanol–water partition coefficient (Wildman–Crippen LogP) is 4.26. The van der Waals surface area contributed by atoms with E-state index >= 15 is 0 Å². The summed E-state index contributed by atoms with van der Waals surface area (Å²) in [5, 5.41) is 17.9. The molecule has 0 saturated carbocycles. The minimum atomic E-state index is -4.66. The van der Waals surface area contributed by atoms with E-state index in [2.05, 4.69) is 15.5 Å². The van der Waals surface area contributed by atoms with Crippen molar-refractivity contribution in [3.63, 3.8) is 0 Å². The average molecular weight is 404 g/mol. The molecule has 1 N–H and O–H groups in total. The van der Waals surface area contributed by atoms with Gasteiger partial charge in [0.25, 0.3) is 5.91 Å². The van der Waals surface area contributed by atoms with Gasteiger partial charge in [0.05, 0.1) is 7.11 Å². The van der Waals surface area contributed by atoms with Crippen molar-refractivity contribution in [3.05, 3.63) is 52.5 Å². The Morgan fingerprint density at radius 1 is 1.25 bits per heavy atom. The van der Waals surface area contributed by atoms with Crippen LogP contribution in [0.25, 0.3) is 16.8 Å². The summed E-state index contributed by atoms with van der Waals surface area (Å²) in [7, 11) is 1.45. The van der Waals surface area contributed by atoms with E-state index < -0.39 is 17.1 Å². The molecule has 0 fully saturated rings. The van der Waals surface area contributed by atoms with E-state index in [1.54, 1.807) is 24.3 Å². The summed E-state index contributed by atoms with van der Waals surface area (Å²) in [5.41, 5.74) is 0.180. The first-order valence-corrected chi connectivity index (χ1v) is 8.54. The average Bonchev–Trinajstić information content (AvgIpc) is 3.14. The Bertz CT molecular complexity index is 1120. The lowest BCUT2D eigenvalue weighted by molar-refractivity contribution is -0.138. The number of fused-ring (bicyclic) bond motifs is 1. The molecular formula is C18H11F3N4O2S. The van der Waals surface area contributed by atoms with Crippen LogP contribution in [0.2, 0.25) is 0 Å². The number of methoxy groups -OCH3 is 1. The van der Waals surface area contributed by atoms with Crippen molar-refractivity contribution in [1.29, 1.82) is 5.26 Å². The monoisotopic (exact) mass is 404 g/mol. The summed E-state index contributed by atoms with van der Waals surface area (Å²) in [6, 6.07) is 12.6. The molecule has 0 atom stereocenters. The molecule has 6 nitrogen and oxygen atoms in total. The molecule has 3 aromatic rings. The van der Waals surface area contributed by atoms with Gasteiger partial charge in [0, 0.05) is 5.56 Å². The van der Waals surface area contributed by atoms with Crippen LogP contribution in [0.15, 0.2) is 42.0 Å². The van der Waals surface area contributed by atoms with Crippen molar-refractivity contribution in [2.24, 2.45) is 0 Å². The van der Waals surface area contributed by atoms with Crippen molar-refractivity contribution >= 4 is 39.2 Å². The van der Waals surface area contributed by atoms with Gasteiger partial charge >= 0.3 is 6.18 Å². The summed E-state index contributed by atoms with van der Waals surface area (Å²) in [5.74, 6) is -0.461. The molecule has 0 aliphatic carbocycles. The number of benzene rings is 2. The number of aromatic nitrogens is 2. The molecular weight excluding hydrogens is 393 g/mol. The second kappa shape index (κ2) is 7.66. The molecule has 0 spiro atoms. The molecule has 0 saturated heterocycles. The largest absolute Gasteiger partial charge is 0.496 e. The molecule has 10 heteroatoms. The Kier molecular flexibility index (Phi) is 5.28. The van der Waals surface area contributed by atoms with Crippen LogP contribution in [0, 0.1) is 11.3 Å². The molecule has 0 bridgehead atoms. The fourth-order valence-corrected chi connectivity index (χ4v) is 3.05. The second-order valence-corrected chi connectivity index (χ2v) is 6.41. The van der Waals surface area contributed by atoms with Crippen molar-refractivity contribution in [2.45, 2.75) is 6.18 Å². The number of amides is 1. The number of nitrogens with zero attached hydrogens (tertiary/aromatic N) is 3. The van der Waals surface area contributed by atoms with Crippen LogP contribution in [0.5, 0.6) is 5.75 Å². The Balaban J connectivity index is 1.96. The van der Waals surface area contributed by atoms with Gasteiger partial charge in [-0.05, 0) is 22.9 Å². The van der Waals surface area contributed by atoms with Crippen LogP contribution in [-0.4, -0.2) is 23.2 Å². The molecule has 1 heterocycles. The van der Waals surface area contributed by atoms with E-state index in [1.165, 1.54) is 13.2 Å². The Labute approximate surface area is 160 Å². The van der Waals surface area contributed by atoms with Crippen molar-refractivity contribution < 1.29 is 22.7 Å². The summed E-state index contributed by atoms with van der Waals surface area (Å²) < 4.78 is 43.1. The SMILES string of the molecule is COc1ccc2ccccc2c1C=C(C#N)C(=O)Nc1nnc(C(F)(F)F)s1. The zero-order valence-corrected chi connectivity index (χ0v) is 15.1. The van der Waals surface area contributed by atoms with E-state index in [0.29, 0.717) is 11.3 Å². The van der Waals surface area contributed by atoms with E-state index in [1.807, 2.05) is 18.2 Å². The lowest BCUT2D eigenvalue weighted by atomic mass is 10.0. The van der Waals surface area contributed by atoms with E-state index in [0.717, 1.165) is 10.8 Å². The summed E-state index contributed by atoms with van der Waals surface area (Å²) in [6.45, 7) is 0. The highest BCUT2D eigenvalue weighted by molar-refractivity contribution is 7.15. The van der Waals surface area contributed by atoms with Crippen LogP contribution >= 0.6 is 11.3 Å². The first kappa shape index (κ1) is 19.3. The van der Waals surface area contributed by atoms with Gasteiger partial charge in [-0.15, -0.1) is 10.2 Å². The fraction of sp³-hybridized carbons (Fsp3) is 0.111. The highest BCUT2D eigenvalue weighted by Gasteiger charge is 2.35. The number of ether oxygens (including phenoxy) is 1. The maximum Gasteiger partial charge on any atom is 0.445 e. The number of rotatable bonds is 4. The Morgan fingerprint density at radius 2 is 2.00 bits per heavy atom. The summed E-state index contributed by atoms with van der Waals surface area (Å²) >= 11 is 0.172. The Hall–Kier alpha value is -3.45. The van der Waals surface area contributed by atoms with Gasteiger partial charge in [-0.1, -0.05) is 41.7 Å². The number of hydrogen-bond donors (Lipinski definition) is 1. The standard InChI is InChI=1S/C18H11F3N4O2S/c1-27-14-7-6-10-4-2-3-5-12(10)13(14)8-11(9-22)15(26)23-17-25-24-16(28-17)18(19,20)21/h2-8H,1H3,(H,23,25,26). The lowest BCUT2D eigenvalue weighted by Gasteiger charge is -2.09. The summed E-state index contributed by atoms with van der Waals surface area (Å²) in [4.78, 5) is 12.4. The van der Waals surface area contributed by atoms with Gasteiger partial charge in [-0.2, -0.15) is 18.4 Å². The number of hydrogen-bond acceptors (Lipinski definition) is 6. The smallest absolute Gasteiger partial charge is 0.445 e. The molecule has 3 rings (SSSR count). The fourth-order valence-electron chi connectivity index (χ4n) is 2.45. The normalized spacial score (nSPS) is 11.9. The predicted molar refractivity (Wildman–Crippen MR) is 97.6 cm³/mol. The molecule has 0 radical (unpaired) electrons. The number of anilines is 1. The number of alkyl halides is 3. The van der Waals surface area contributed by atoms with Gasteiger partial charge in [-0.25, -0.2) is 0 Å². The third-order valence-electron chi connectivity index (χ3n) is 3.69. The molecule has 142 valence electrons. The van der Waals surface area contributed by atoms with Gasteiger partial charge in [0.15, 0.2) is 0 Å². The highest BCUT2D eigenvalue weighted by atomic mass is 32.1. The topological polar surface area (TPSA) is 87.9 Å². The minimum Gasteiger partial charge on any atom is -0.496 e. The zero-order chi connectivity index (χ0) is 20.3. The third kappa shape index (κ3) is 3.94. The van der Waals surface area contributed by atoms with Crippen LogP contribution in [0.1, 0.15) is 10.6 Å². The van der Waals surface area contributed by atoms with Crippen molar-refractivity contribution in [3.8, 4) is 11.8 Å². The lowest BCUT2D eigenvalue weighted by Crippen LogP contribution is -2.13. The quantitative estimate of drug-likeness (QED) is 0.518. The van der Waals surface area contributed by atoms with Crippen LogP contribution in [0.3, 0.4) is 0 Å². The highest BCUT2D eigenvalue weighted by Crippen LogP contribution is 2.33. The molecule has 1 aromatic heterocycles. The van der Waals surface area contributed by atoms with E-state index in [4.69, 9.17) is 4.74 Å². The van der Waals surface area contributed by atoms with Gasteiger partial charge in [0.1, 0.15) is 17.4 Å². The van der Waals surface area contributed by atoms with Crippen molar-refractivity contribution in [1.82, 2.24) is 10.2 Å². The van der Waals surface area contributed by atoms with Crippen LogP contribution in [-0.2, 0) is 11.0 Å². The van der Waals surface area contributed by atoms with Crippen molar-refractivity contribution in [2.75, 3.05) is 12.4 Å². The van der Waals surface area contributed by atoms with Crippen LogP contribution in [0.4, 0.5) is 18.3 Å². The molecule has 0 unspecified atom stereocenters. The number of carbonyl (C=O) groups is 1. The van der Waals surface area contributed by atoms with E-state index in [9.17, 15) is 23.2 Å². The van der Waals surface area contributed by atoms with Crippen LogP contribution < -0.4 is 10.1 Å². The zero-order valence-electron chi connectivity index (χ0n) is 14.2. The molecule has 0 aliphatic rings. The maximum atomic E-state index is 12.6. The van der Waals surface area contributed by atoms with E-state index in [-0.39, 0.29) is 22.0 Å². The molecule has 2 aromatic carbocycles. The third-order valence-corrected chi connectivity index (χ3v) is 4.58. The molecule has 1 amide bonds. The molecule has 0 aliphatic heterocycles. The maximum absolute atomic E-state index is 12.6. The number of carbonyl (C=O) groups excluding carboxylic acids is 1. The molecule has 28 heavy (non-hydrogen) atoms. The summed E-state index contributed by atoms with van der Waals surface area (Å²) in [6.07, 6.45) is -3.34. The second-order valence-electron chi connectivity index (χ2n) is 5.44. The van der Waals surface area contributed by atoms with Gasteiger partial charge < -0.3 is 4.74 Å². The minimum absolute atomic E-state index is 0.172. The van der Waals surface area contributed by atoms with Gasteiger partial charge in [-0.3, -0.25) is 10.1 Å². The first-order valence-electron chi connectivity index (χ1n) is 7.73. The first-order chi connectivity index (χ1) is 13.3. The van der Waals surface area contributed by atoms with Gasteiger partial charge in [0.2, 0.25) is 10.1 Å². The Morgan fingerprint density at radius 3 is 2.64 bits per heavy atom. The number of nitrogens with one attached hydrogen (secondary N) is 1. The number of nitriles is 1.